The number of carbonyl (C=O) groups excluding carboxylic acids is 2. The molecule has 4 heterocycles. The maximum Gasteiger partial charge on any atom is 0.434 e. The van der Waals surface area contributed by atoms with Crippen molar-refractivity contribution in [2.75, 3.05) is 31.1 Å². The van der Waals surface area contributed by atoms with Crippen LogP contribution in [0.4, 0.5) is 11.6 Å². The number of fused-ring (bicyclic) bond motifs is 4. The van der Waals surface area contributed by atoms with Crippen LogP contribution < -0.4 is 10.6 Å². The molecular weight excluding hydrogens is 699 g/mol. The number of nitrogens with two attached hydrogens (primary N) is 1. The van der Waals surface area contributed by atoms with E-state index in [1.807, 2.05) is 23.2 Å². The molecule has 0 saturated carbocycles. The van der Waals surface area contributed by atoms with E-state index in [9.17, 15) is 25.0 Å². The predicted molar refractivity (Wildman–Crippen MR) is 207 cm³/mol. The fourth-order valence-corrected chi connectivity index (χ4v) is 8.11. The van der Waals surface area contributed by atoms with E-state index >= 15 is 0 Å². The van der Waals surface area contributed by atoms with E-state index in [1.165, 1.54) is 10.8 Å². The van der Waals surface area contributed by atoms with Gasteiger partial charge in [-0.05, 0) is 72.4 Å². The monoisotopic (exact) mass is 745 g/mol. The lowest BCUT2D eigenvalue weighted by atomic mass is 9.70. The van der Waals surface area contributed by atoms with E-state index in [4.69, 9.17) is 5.73 Å². The summed E-state index contributed by atoms with van der Waals surface area (Å²) in [5.74, 6) is 0.0111. The average Bonchev–Trinajstić information content (AvgIpc) is 3.96. The zero-order chi connectivity index (χ0) is 38.9. The average molecular weight is 746 g/mol. The van der Waals surface area contributed by atoms with Gasteiger partial charge in [-0.15, -0.1) is 5.10 Å². The zero-order valence-electron chi connectivity index (χ0n) is 31.6. The molecule has 1 atom stereocenters. The number of rotatable bonds is 14. The van der Waals surface area contributed by atoms with Crippen molar-refractivity contribution in [1.82, 2.24) is 34.4 Å². The number of hydrogen-bond acceptors (Lipinski definition) is 10. The third kappa shape index (κ3) is 7.34. The number of aromatic nitrogens is 6. The number of piperazine rings is 1. The molecule has 0 radical (unpaired) electrons. The maximum atomic E-state index is 14.0. The van der Waals surface area contributed by atoms with Crippen LogP contribution in [0.3, 0.4) is 0 Å². The summed E-state index contributed by atoms with van der Waals surface area (Å²) in [6, 6.07) is 11.6. The van der Waals surface area contributed by atoms with E-state index in [2.05, 4.69) is 64.2 Å². The summed E-state index contributed by atoms with van der Waals surface area (Å²) in [7, 11) is 0. The van der Waals surface area contributed by atoms with E-state index in [0.29, 0.717) is 62.3 Å². The lowest BCUT2D eigenvalue weighted by molar-refractivity contribution is -0.396. The quantitative estimate of drug-likeness (QED) is 0.0825. The Bertz CT molecular complexity index is 2290. The molecule has 15 heteroatoms. The Morgan fingerprint density at radius 3 is 2.65 bits per heavy atom. The summed E-state index contributed by atoms with van der Waals surface area (Å²) in [5.41, 5.74) is 13.4. The molecule has 3 N–H and O–H groups in total. The normalized spacial score (nSPS) is 15.5. The second kappa shape index (κ2) is 15.5. The molecule has 1 saturated heterocycles. The van der Waals surface area contributed by atoms with Gasteiger partial charge in [0, 0.05) is 72.4 Å². The highest BCUT2D eigenvalue weighted by Crippen LogP contribution is 2.46. The molecular formula is C40H47N11O4. The number of unbranched alkanes of at least 4 members (excludes halogenated alkanes) is 2. The Labute approximate surface area is 319 Å². The standard InChI is InChI=1S/C40H47N11O4/c1-4-27-22-29-30(40(2,3)38-36(37(29)53)28-12-11-26(24-41)21-32(28)44-38)23-34(27)47-17-19-48(20-18-47)35(52)10-6-5-7-15-50-25-33(45-46-50)31(42)9-8-14-49-16-13-43-39(49)51(54)55/h11-13,16,21-23,25,31,44H,4-10,14-15,17-20,42H2,1-3H3/t31-/m0/s1. The SMILES string of the molecule is CCc1cc2c(cc1N1CCN(C(=O)CCCCCn3cc([C@@H](N)CCCn4ccnc4[N+](=O)[O-])nn3)CC1)C(C)(C)c1[nH]c3cc(C#N)ccc3c1C2=O. The van der Waals surface area contributed by atoms with Gasteiger partial charge in [0.15, 0.2) is 5.78 Å². The third-order valence-corrected chi connectivity index (χ3v) is 11.3. The minimum Gasteiger partial charge on any atom is -0.390 e. The van der Waals surface area contributed by atoms with Gasteiger partial charge in [0.1, 0.15) is 12.4 Å². The Balaban J connectivity index is 0.884. The van der Waals surface area contributed by atoms with E-state index < -0.39 is 10.3 Å². The number of nitrogens with one attached hydrogen (secondary N) is 1. The van der Waals surface area contributed by atoms with Crippen LogP contribution in [-0.4, -0.2) is 77.2 Å². The van der Waals surface area contributed by atoms with Gasteiger partial charge in [0.2, 0.25) is 5.91 Å². The first-order valence-corrected chi connectivity index (χ1v) is 19.1. The summed E-state index contributed by atoms with van der Waals surface area (Å²) in [5, 5.41) is 29.8. The number of imidazole rings is 1. The summed E-state index contributed by atoms with van der Waals surface area (Å²) in [6.07, 6.45) is 9.94. The number of nitriles is 1. The molecule has 2 aromatic carbocycles. The van der Waals surface area contributed by atoms with Crippen LogP contribution in [0.1, 0.15) is 109 Å². The molecule has 55 heavy (non-hydrogen) atoms. The fraction of sp³-hybridized carbons (Fsp3) is 0.450. The van der Waals surface area contributed by atoms with E-state index in [-0.39, 0.29) is 23.7 Å². The molecule has 286 valence electrons. The van der Waals surface area contributed by atoms with Gasteiger partial charge in [-0.2, -0.15) is 5.26 Å². The molecule has 7 rings (SSSR count). The molecule has 5 aromatic rings. The predicted octanol–water partition coefficient (Wildman–Crippen LogP) is 5.56. The van der Waals surface area contributed by atoms with Gasteiger partial charge in [0.05, 0.1) is 41.7 Å². The number of amides is 1. The number of anilines is 1. The highest BCUT2D eigenvalue weighted by molar-refractivity contribution is 6.20. The number of aryl methyl sites for hydroxylation is 3. The molecule has 1 aliphatic carbocycles. The Morgan fingerprint density at radius 2 is 1.91 bits per heavy atom. The van der Waals surface area contributed by atoms with Crippen LogP contribution in [0.5, 0.6) is 0 Å². The molecule has 0 spiro atoms. The smallest absolute Gasteiger partial charge is 0.390 e. The first kappa shape index (κ1) is 37.4. The van der Waals surface area contributed by atoms with Crippen molar-refractivity contribution in [2.24, 2.45) is 5.73 Å². The number of benzene rings is 2. The first-order valence-electron chi connectivity index (χ1n) is 19.1. The van der Waals surface area contributed by atoms with E-state index in [1.54, 1.807) is 16.9 Å². The van der Waals surface area contributed by atoms with Crippen molar-refractivity contribution in [2.45, 2.75) is 90.3 Å². The summed E-state index contributed by atoms with van der Waals surface area (Å²) in [6.45, 7) is 10.3. The molecule has 3 aromatic heterocycles. The van der Waals surface area contributed by atoms with Crippen molar-refractivity contribution >= 4 is 34.2 Å². The number of ketones is 1. The van der Waals surface area contributed by atoms with Gasteiger partial charge in [0.25, 0.3) is 0 Å². The Morgan fingerprint density at radius 1 is 1.11 bits per heavy atom. The number of carbonyl (C=O) groups is 2. The van der Waals surface area contributed by atoms with Crippen LogP contribution in [0, 0.1) is 21.4 Å². The van der Waals surface area contributed by atoms with Crippen molar-refractivity contribution in [3.63, 3.8) is 0 Å². The topological polar surface area (TPSA) is 198 Å². The highest BCUT2D eigenvalue weighted by Gasteiger charge is 2.40. The molecule has 15 nitrogen and oxygen atoms in total. The number of hydrogen-bond donors (Lipinski definition) is 2. The number of H-pyrrole nitrogens is 1. The minimum atomic E-state index is -0.497. The van der Waals surface area contributed by atoms with Crippen molar-refractivity contribution in [3.05, 3.63) is 98.2 Å². The van der Waals surface area contributed by atoms with Crippen LogP contribution in [0.25, 0.3) is 10.9 Å². The number of nitrogens with zero attached hydrogens (tertiary/aromatic N) is 9. The van der Waals surface area contributed by atoms with Crippen LogP contribution in [0.2, 0.25) is 0 Å². The number of nitro groups is 1. The van der Waals surface area contributed by atoms with E-state index in [0.717, 1.165) is 77.7 Å². The Kier molecular flexibility index (Phi) is 10.5. The molecule has 0 bridgehead atoms. The van der Waals surface area contributed by atoms with Crippen molar-refractivity contribution < 1.29 is 14.5 Å². The van der Waals surface area contributed by atoms with Crippen LogP contribution in [0.15, 0.2) is 48.9 Å². The molecule has 0 unspecified atom stereocenters. The molecule has 1 aliphatic heterocycles. The highest BCUT2D eigenvalue weighted by atomic mass is 16.6. The van der Waals surface area contributed by atoms with Gasteiger partial charge < -0.3 is 30.6 Å². The lowest BCUT2D eigenvalue weighted by Crippen LogP contribution is -2.49. The van der Waals surface area contributed by atoms with Crippen molar-refractivity contribution in [1.29, 1.82) is 5.26 Å². The third-order valence-electron chi connectivity index (χ3n) is 11.3. The molecule has 1 fully saturated rings. The molecule has 2 aliphatic rings. The Hall–Kier alpha value is -5.88. The van der Waals surface area contributed by atoms with Crippen LogP contribution >= 0.6 is 0 Å². The van der Waals surface area contributed by atoms with Crippen LogP contribution in [-0.2, 0) is 29.7 Å². The zero-order valence-corrected chi connectivity index (χ0v) is 31.6. The summed E-state index contributed by atoms with van der Waals surface area (Å²) < 4.78 is 3.29. The van der Waals surface area contributed by atoms with Gasteiger partial charge >= 0.3 is 5.95 Å². The lowest BCUT2D eigenvalue weighted by Gasteiger charge is -2.39. The van der Waals surface area contributed by atoms with Gasteiger partial charge in [-0.1, -0.05) is 43.5 Å². The minimum absolute atomic E-state index is 0.0125. The summed E-state index contributed by atoms with van der Waals surface area (Å²) >= 11 is 0. The second-order valence-electron chi connectivity index (χ2n) is 15.1. The number of aromatic amines is 1. The van der Waals surface area contributed by atoms with Gasteiger partial charge in [-0.25, -0.2) is 4.57 Å². The summed E-state index contributed by atoms with van der Waals surface area (Å²) in [4.78, 5) is 49.4. The fourth-order valence-electron chi connectivity index (χ4n) is 8.11. The second-order valence-corrected chi connectivity index (χ2v) is 15.1. The molecule has 1 amide bonds. The van der Waals surface area contributed by atoms with Gasteiger partial charge in [-0.3, -0.25) is 14.3 Å². The largest absolute Gasteiger partial charge is 0.434 e. The first-order chi connectivity index (χ1) is 26.5. The van der Waals surface area contributed by atoms with Crippen molar-refractivity contribution in [3.8, 4) is 6.07 Å². The maximum absolute atomic E-state index is 14.0.